The molecule has 4 rings (SSSR count). The Bertz CT molecular complexity index is 1050. The molecule has 1 fully saturated rings. The minimum Gasteiger partial charge on any atom is -0.368 e. The third-order valence-electron chi connectivity index (χ3n) is 6.09. The van der Waals surface area contributed by atoms with Crippen LogP contribution in [0.2, 0.25) is 0 Å². The molecule has 33 heavy (non-hydrogen) atoms. The summed E-state index contributed by atoms with van der Waals surface area (Å²) >= 11 is 0. The summed E-state index contributed by atoms with van der Waals surface area (Å²) in [5, 5.41) is 2.63. The fraction of sp³-hybridized carbons (Fsp3) is 0.417. The number of rotatable bonds is 6. The van der Waals surface area contributed by atoms with Crippen LogP contribution in [0.25, 0.3) is 0 Å². The van der Waals surface area contributed by atoms with Crippen molar-refractivity contribution in [1.82, 2.24) is 4.90 Å². The Morgan fingerprint density at radius 2 is 1.88 bits per heavy atom. The van der Waals surface area contributed by atoms with Gasteiger partial charge in [0, 0.05) is 43.8 Å². The highest BCUT2D eigenvalue weighted by Crippen LogP contribution is 2.39. The van der Waals surface area contributed by atoms with E-state index in [0.29, 0.717) is 24.3 Å². The van der Waals surface area contributed by atoms with E-state index < -0.39 is 29.4 Å². The molecule has 1 atom stereocenters. The molecule has 5 nitrogen and oxygen atoms in total. The zero-order chi connectivity index (χ0) is 23.6. The Kier molecular flexibility index (Phi) is 6.69. The van der Waals surface area contributed by atoms with Crippen molar-refractivity contribution < 1.29 is 22.4 Å². The zero-order valence-corrected chi connectivity index (χ0v) is 18.3. The second kappa shape index (κ2) is 9.51. The molecule has 0 saturated carbocycles. The first-order valence-electron chi connectivity index (χ1n) is 11.1. The molecule has 1 unspecified atom stereocenters. The van der Waals surface area contributed by atoms with Gasteiger partial charge in [-0.25, -0.2) is 4.39 Å². The summed E-state index contributed by atoms with van der Waals surface area (Å²) in [5.74, 6) is -1.75. The maximum absolute atomic E-state index is 13.9. The first-order chi connectivity index (χ1) is 15.8. The number of unbranched alkanes of at least 4 members (excludes halogenated alkanes) is 1. The molecule has 1 N–H and O–H groups in total. The van der Waals surface area contributed by atoms with Crippen LogP contribution in [-0.4, -0.2) is 49.7 Å². The highest BCUT2D eigenvalue weighted by Gasteiger charge is 2.36. The average molecular weight is 462 g/mol. The van der Waals surface area contributed by atoms with E-state index >= 15 is 0 Å². The van der Waals surface area contributed by atoms with E-state index in [1.807, 2.05) is 0 Å². The lowest BCUT2D eigenvalue weighted by molar-refractivity contribution is -0.137. The predicted octanol–water partition coefficient (Wildman–Crippen LogP) is 5.20. The molecule has 0 bridgehead atoms. The minimum absolute atomic E-state index is 0.0882. The van der Waals surface area contributed by atoms with Crippen LogP contribution in [0, 0.1) is 5.82 Å². The molecule has 0 radical (unpaired) electrons. The van der Waals surface area contributed by atoms with Crippen molar-refractivity contribution in [2.24, 2.45) is 4.99 Å². The van der Waals surface area contributed by atoms with E-state index in [9.17, 15) is 22.4 Å². The number of fused-ring (bicyclic) bond motifs is 1. The van der Waals surface area contributed by atoms with Crippen molar-refractivity contribution in [2.75, 3.05) is 42.9 Å². The lowest BCUT2D eigenvalue weighted by Gasteiger charge is -2.37. The number of anilines is 2. The van der Waals surface area contributed by atoms with Crippen LogP contribution in [0.1, 0.15) is 36.8 Å². The Morgan fingerprint density at radius 1 is 1.12 bits per heavy atom. The maximum Gasteiger partial charge on any atom is 0.418 e. The molecule has 2 heterocycles. The fourth-order valence-electron chi connectivity index (χ4n) is 4.27. The summed E-state index contributed by atoms with van der Waals surface area (Å²) in [6, 6.07) is 7.89. The molecule has 1 amide bonds. The summed E-state index contributed by atoms with van der Waals surface area (Å²) in [4.78, 5) is 20.4. The molecule has 9 heteroatoms. The number of alkyl halides is 3. The van der Waals surface area contributed by atoms with Gasteiger partial charge in [-0.15, -0.1) is 0 Å². The van der Waals surface area contributed by atoms with Gasteiger partial charge in [0.2, 0.25) is 5.91 Å². The van der Waals surface area contributed by atoms with Crippen molar-refractivity contribution in [3.05, 3.63) is 53.3 Å². The minimum atomic E-state index is -4.54. The van der Waals surface area contributed by atoms with Gasteiger partial charge in [0.05, 0.1) is 11.3 Å². The number of nitrogens with zero attached hydrogens (tertiary/aromatic N) is 3. The maximum atomic E-state index is 13.9. The number of amides is 1. The SMILES string of the molecule is CCCCN1CCN(c2ccc(N=CC3C(=O)Nc4ccc(F)cc43)cc2C(F)(F)F)CC1. The normalized spacial score (nSPS) is 19.2. The number of aliphatic imine (C=N–C) groups is 1. The second-order valence-electron chi connectivity index (χ2n) is 8.36. The van der Waals surface area contributed by atoms with Crippen LogP contribution in [-0.2, 0) is 11.0 Å². The third kappa shape index (κ3) is 5.19. The number of nitrogens with one attached hydrogen (secondary N) is 1. The van der Waals surface area contributed by atoms with E-state index in [0.717, 1.165) is 38.5 Å². The lowest BCUT2D eigenvalue weighted by Crippen LogP contribution is -2.47. The fourth-order valence-corrected chi connectivity index (χ4v) is 4.27. The largest absolute Gasteiger partial charge is 0.418 e. The first-order valence-corrected chi connectivity index (χ1v) is 11.1. The highest BCUT2D eigenvalue weighted by molar-refractivity contribution is 6.12. The van der Waals surface area contributed by atoms with Crippen molar-refractivity contribution in [3.8, 4) is 0 Å². The number of carbonyl (C=O) groups excluding carboxylic acids is 1. The molecule has 2 aromatic rings. The number of piperazine rings is 1. The predicted molar refractivity (Wildman–Crippen MR) is 121 cm³/mol. The number of halogens is 4. The van der Waals surface area contributed by atoms with Crippen LogP contribution in [0.15, 0.2) is 41.4 Å². The summed E-state index contributed by atoms with van der Waals surface area (Å²) in [5.41, 5.74) is 0.369. The Labute approximate surface area is 190 Å². The topological polar surface area (TPSA) is 47.9 Å². The smallest absolute Gasteiger partial charge is 0.368 e. The van der Waals surface area contributed by atoms with Crippen LogP contribution in [0.5, 0.6) is 0 Å². The summed E-state index contributed by atoms with van der Waals surface area (Å²) in [6.07, 6.45) is -1.11. The van der Waals surface area contributed by atoms with Gasteiger partial charge in [-0.2, -0.15) is 13.2 Å². The third-order valence-corrected chi connectivity index (χ3v) is 6.09. The Hall–Kier alpha value is -2.94. The molecule has 2 aliphatic rings. The molecule has 2 aliphatic heterocycles. The van der Waals surface area contributed by atoms with Crippen molar-refractivity contribution >= 4 is 29.2 Å². The standard InChI is InChI=1S/C24H26F4N4O/c1-2-3-8-31-9-11-32(12-10-31)22-7-5-17(14-20(22)24(26,27)28)29-15-19-18-13-16(25)4-6-21(18)30-23(19)33/h4-7,13-15,19H,2-3,8-12H2,1H3,(H,30,33). The Morgan fingerprint density at radius 3 is 2.58 bits per heavy atom. The van der Waals surface area contributed by atoms with Gasteiger partial charge >= 0.3 is 6.18 Å². The first kappa shape index (κ1) is 23.2. The molecular weight excluding hydrogens is 436 g/mol. The highest BCUT2D eigenvalue weighted by atomic mass is 19.4. The lowest BCUT2D eigenvalue weighted by atomic mass is 10.0. The average Bonchev–Trinajstić information content (AvgIpc) is 3.10. The van der Waals surface area contributed by atoms with Gasteiger partial charge < -0.3 is 10.2 Å². The van der Waals surface area contributed by atoms with Gasteiger partial charge in [-0.05, 0) is 54.9 Å². The molecule has 2 aromatic carbocycles. The Balaban J connectivity index is 1.55. The van der Waals surface area contributed by atoms with Gasteiger partial charge in [0.1, 0.15) is 11.7 Å². The number of hydrogen-bond donors (Lipinski definition) is 1. The number of carbonyl (C=O) groups is 1. The number of benzene rings is 2. The van der Waals surface area contributed by atoms with Gasteiger partial charge in [0.15, 0.2) is 0 Å². The van der Waals surface area contributed by atoms with Crippen LogP contribution in [0.4, 0.5) is 34.6 Å². The molecular formula is C24H26F4N4O. The van der Waals surface area contributed by atoms with E-state index in [4.69, 9.17) is 0 Å². The van der Waals surface area contributed by atoms with Gasteiger partial charge in [0.25, 0.3) is 0 Å². The van der Waals surface area contributed by atoms with Crippen molar-refractivity contribution in [2.45, 2.75) is 31.9 Å². The van der Waals surface area contributed by atoms with Crippen molar-refractivity contribution in [1.29, 1.82) is 0 Å². The van der Waals surface area contributed by atoms with E-state index in [1.165, 1.54) is 36.5 Å². The van der Waals surface area contributed by atoms with E-state index in [1.54, 1.807) is 4.90 Å². The molecule has 0 spiro atoms. The van der Waals surface area contributed by atoms with Gasteiger partial charge in [-0.3, -0.25) is 14.7 Å². The second-order valence-corrected chi connectivity index (χ2v) is 8.36. The molecule has 0 aliphatic carbocycles. The summed E-state index contributed by atoms with van der Waals surface area (Å²) in [7, 11) is 0. The van der Waals surface area contributed by atoms with Crippen LogP contribution < -0.4 is 10.2 Å². The van der Waals surface area contributed by atoms with Crippen LogP contribution in [0.3, 0.4) is 0 Å². The zero-order valence-electron chi connectivity index (χ0n) is 18.3. The monoisotopic (exact) mass is 462 g/mol. The molecule has 0 aromatic heterocycles. The summed E-state index contributed by atoms with van der Waals surface area (Å²) in [6.45, 7) is 5.59. The molecule has 1 saturated heterocycles. The summed E-state index contributed by atoms with van der Waals surface area (Å²) < 4.78 is 55.2. The quantitative estimate of drug-likeness (QED) is 0.474. The van der Waals surface area contributed by atoms with E-state index in [2.05, 4.69) is 22.1 Å². The van der Waals surface area contributed by atoms with Crippen molar-refractivity contribution in [3.63, 3.8) is 0 Å². The van der Waals surface area contributed by atoms with E-state index in [-0.39, 0.29) is 11.4 Å². The van der Waals surface area contributed by atoms with Gasteiger partial charge in [-0.1, -0.05) is 13.3 Å². The van der Waals surface area contributed by atoms with Crippen LogP contribution >= 0.6 is 0 Å². The molecule has 176 valence electrons. The number of hydrogen-bond acceptors (Lipinski definition) is 4.